The molecule has 0 bridgehead atoms. The van der Waals surface area contributed by atoms with Crippen molar-refractivity contribution in [3.63, 3.8) is 0 Å². The first-order valence-corrected chi connectivity index (χ1v) is 11.8. The van der Waals surface area contributed by atoms with Crippen molar-refractivity contribution in [3.05, 3.63) is 29.8 Å². The van der Waals surface area contributed by atoms with Gasteiger partial charge >= 0.3 is 0 Å². The molecule has 2 saturated heterocycles. The van der Waals surface area contributed by atoms with E-state index < -0.39 is 0 Å². The number of piperazine rings is 1. The molecule has 7 heteroatoms. The third-order valence-corrected chi connectivity index (χ3v) is 6.36. The number of hydrogen-bond donors (Lipinski definition) is 1. The second-order valence-electron chi connectivity index (χ2n) is 8.51. The normalized spacial score (nSPS) is 19.8. The number of piperidine rings is 1. The molecule has 2 heterocycles. The van der Waals surface area contributed by atoms with Crippen LogP contribution in [0.25, 0.3) is 0 Å². The van der Waals surface area contributed by atoms with Gasteiger partial charge in [-0.15, -0.1) is 0 Å². The quantitative estimate of drug-likeness (QED) is 0.651. The Kier molecular flexibility index (Phi) is 9.15. The van der Waals surface area contributed by atoms with Gasteiger partial charge in [-0.25, -0.2) is 0 Å². The number of carbonyl (C=O) groups is 2. The van der Waals surface area contributed by atoms with Gasteiger partial charge < -0.3 is 19.9 Å². The smallest absolute Gasteiger partial charge is 0.253 e. The van der Waals surface area contributed by atoms with Crippen LogP contribution >= 0.6 is 0 Å². The van der Waals surface area contributed by atoms with E-state index in [4.69, 9.17) is 4.74 Å². The van der Waals surface area contributed by atoms with E-state index in [0.29, 0.717) is 37.7 Å². The van der Waals surface area contributed by atoms with Gasteiger partial charge in [-0.3, -0.25) is 14.5 Å². The summed E-state index contributed by atoms with van der Waals surface area (Å²) in [5, 5.41) is 3.27. The maximum atomic E-state index is 13.3. The molecule has 1 N–H and O–H groups in total. The molecule has 0 spiro atoms. The highest BCUT2D eigenvalue weighted by Gasteiger charge is 2.23. The third kappa shape index (κ3) is 6.94. The van der Waals surface area contributed by atoms with Crippen molar-refractivity contribution in [1.29, 1.82) is 0 Å². The summed E-state index contributed by atoms with van der Waals surface area (Å²) in [6.07, 6.45) is 4.09. The Morgan fingerprint density at radius 3 is 2.52 bits per heavy atom. The predicted molar refractivity (Wildman–Crippen MR) is 122 cm³/mol. The van der Waals surface area contributed by atoms with Gasteiger partial charge in [-0.2, -0.15) is 0 Å². The van der Waals surface area contributed by atoms with E-state index in [0.717, 1.165) is 45.0 Å². The van der Waals surface area contributed by atoms with Crippen molar-refractivity contribution >= 4 is 11.8 Å². The van der Waals surface area contributed by atoms with Gasteiger partial charge in [-0.1, -0.05) is 6.42 Å². The maximum Gasteiger partial charge on any atom is 0.253 e. The molecule has 1 aromatic rings. The van der Waals surface area contributed by atoms with Crippen molar-refractivity contribution in [1.82, 2.24) is 20.0 Å². The van der Waals surface area contributed by atoms with Gasteiger partial charge in [0.05, 0.1) is 6.61 Å². The van der Waals surface area contributed by atoms with E-state index in [1.807, 2.05) is 41.0 Å². The van der Waals surface area contributed by atoms with E-state index in [1.165, 1.54) is 19.3 Å². The molecular formula is C24H38N4O3. The number of rotatable bonds is 9. The highest BCUT2D eigenvalue weighted by Crippen LogP contribution is 2.17. The molecule has 2 fully saturated rings. The zero-order valence-corrected chi connectivity index (χ0v) is 19.1. The number of nitrogens with one attached hydrogen (secondary N) is 1. The van der Waals surface area contributed by atoms with E-state index in [9.17, 15) is 9.59 Å². The van der Waals surface area contributed by atoms with Crippen molar-refractivity contribution in [3.8, 4) is 5.75 Å². The standard InChI is InChI=1S/C24H38N4O3/c1-3-31-22-9-7-21(8-10-22)24(30)28(19-18-26-14-5-4-6-20(26)2)15-11-23(29)27-16-12-25-13-17-27/h7-10,20,25H,3-6,11-19H2,1-2H3/t20-/m1/s1. The van der Waals surface area contributed by atoms with Gasteiger partial charge in [0.2, 0.25) is 5.91 Å². The molecule has 0 aromatic heterocycles. The monoisotopic (exact) mass is 430 g/mol. The number of ether oxygens (including phenoxy) is 1. The summed E-state index contributed by atoms with van der Waals surface area (Å²) in [5.74, 6) is 0.889. The lowest BCUT2D eigenvalue weighted by Gasteiger charge is -2.35. The van der Waals surface area contributed by atoms with Gasteiger partial charge in [0.25, 0.3) is 5.91 Å². The van der Waals surface area contributed by atoms with Crippen LogP contribution in [0.15, 0.2) is 24.3 Å². The van der Waals surface area contributed by atoms with E-state index in [2.05, 4.69) is 17.1 Å². The van der Waals surface area contributed by atoms with Crippen LogP contribution in [0.1, 0.15) is 49.9 Å². The molecule has 3 rings (SSSR count). The average molecular weight is 431 g/mol. The van der Waals surface area contributed by atoms with Crippen LogP contribution in [0.2, 0.25) is 0 Å². The van der Waals surface area contributed by atoms with Crippen LogP contribution in [0.5, 0.6) is 5.75 Å². The second-order valence-corrected chi connectivity index (χ2v) is 8.51. The first-order valence-electron chi connectivity index (χ1n) is 11.8. The van der Waals surface area contributed by atoms with Crippen LogP contribution in [-0.4, -0.2) is 91.5 Å². The largest absolute Gasteiger partial charge is 0.494 e. The fourth-order valence-electron chi connectivity index (χ4n) is 4.40. The molecule has 31 heavy (non-hydrogen) atoms. The Morgan fingerprint density at radius 2 is 1.84 bits per heavy atom. The number of nitrogens with zero attached hydrogens (tertiary/aromatic N) is 3. The van der Waals surface area contributed by atoms with Crippen LogP contribution in [0.4, 0.5) is 0 Å². The fraction of sp³-hybridized carbons (Fsp3) is 0.667. The minimum Gasteiger partial charge on any atom is -0.494 e. The average Bonchev–Trinajstić information content (AvgIpc) is 2.81. The summed E-state index contributed by atoms with van der Waals surface area (Å²) < 4.78 is 5.50. The third-order valence-electron chi connectivity index (χ3n) is 6.36. The number of hydrogen-bond acceptors (Lipinski definition) is 5. The summed E-state index contributed by atoms with van der Waals surface area (Å²) in [6.45, 7) is 11.0. The van der Waals surface area contributed by atoms with E-state index >= 15 is 0 Å². The lowest BCUT2D eigenvalue weighted by atomic mass is 10.0. The molecule has 0 saturated carbocycles. The molecule has 0 radical (unpaired) electrons. The van der Waals surface area contributed by atoms with Gasteiger partial charge in [-0.05, 0) is 57.5 Å². The summed E-state index contributed by atoms with van der Waals surface area (Å²) in [6, 6.07) is 7.88. The predicted octanol–water partition coefficient (Wildman–Crippen LogP) is 2.22. The topological polar surface area (TPSA) is 65.1 Å². The summed E-state index contributed by atoms with van der Waals surface area (Å²) in [5.41, 5.74) is 0.643. The minimum atomic E-state index is -0.0131. The first-order chi connectivity index (χ1) is 15.1. The van der Waals surface area contributed by atoms with Gasteiger partial charge in [0.15, 0.2) is 0 Å². The van der Waals surface area contributed by atoms with Crippen molar-refractivity contribution in [2.75, 3.05) is 59.0 Å². The lowest BCUT2D eigenvalue weighted by molar-refractivity contribution is -0.131. The SMILES string of the molecule is CCOc1ccc(C(=O)N(CCC(=O)N2CCNCC2)CCN2CCCC[C@H]2C)cc1. The van der Waals surface area contributed by atoms with Gasteiger partial charge in [0, 0.05) is 63.8 Å². The van der Waals surface area contributed by atoms with Crippen LogP contribution in [-0.2, 0) is 4.79 Å². The van der Waals surface area contributed by atoms with Crippen LogP contribution in [0, 0.1) is 0 Å². The molecule has 172 valence electrons. The van der Waals surface area contributed by atoms with Crippen molar-refractivity contribution in [2.45, 2.75) is 45.6 Å². The fourth-order valence-corrected chi connectivity index (χ4v) is 4.40. The highest BCUT2D eigenvalue weighted by atomic mass is 16.5. The number of likely N-dealkylation sites (tertiary alicyclic amines) is 1. The van der Waals surface area contributed by atoms with Gasteiger partial charge in [0.1, 0.15) is 5.75 Å². The zero-order chi connectivity index (χ0) is 22.1. The summed E-state index contributed by atoms with van der Waals surface area (Å²) >= 11 is 0. The van der Waals surface area contributed by atoms with E-state index in [-0.39, 0.29) is 11.8 Å². The van der Waals surface area contributed by atoms with Crippen LogP contribution < -0.4 is 10.1 Å². The zero-order valence-electron chi connectivity index (χ0n) is 19.1. The molecular weight excluding hydrogens is 392 g/mol. The number of benzene rings is 1. The number of carbonyl (C=O) groups excluding carboxylic acids is 2. The van der Waals surface area contributed by atoms with Crippen LogP contribution in [0.3, 0.4) is 0 Å². The van der Waals surface area contributed by atoms with Crippen molar-refractivity contribution < 1.29 is 14.3 Å². The Balaban J connectivity index is 1.63. The first kappa shape index (κ1) is 23.5. The molecule has 2 amide bonds. The maximum absolute atomic E-state index is 13.3. The lowest BCUT2D eigenvalue weighted by Crippen LogP contribution is -2.48. The summed E-state index contributed by atoms with van der Waals surface area (Å²) in [7, 11) is 0. The molecule has 7 nitrogen and oxygen atoms in total. The minimum absolute atomic E-state index is 0.0131. The molecule has 0 aliphatic carbocycles. The molecule has 2 aliphatic rings. The second kappa shape index (κ2) is 12.1. The molecule has 0 unspecified atom stereocenters. The Bertz CT molecular complexity index is 703. The Labute approximate surface area is 186 Å². The highest BCUT2D eigenvalue weighted by molar-refractivity contribution is 5.94. The van der Waals surface area contributed by atoms with E-state index in [1.54, 1.807) is 0 Å². The summed E-state index contributed by atoms with van der Waals surface area (Å²) in [4.78, 5) is 32.2. The number of amides is 2. The Hall–Kier alpha value is -2.12. The molecule has 2 aliphatic heterocycles. The molecule has 1 aromatic carbocycles. The molecule has 1 atom stereocenters. The Morgan fingerprint density at radius 1 is 1.10 bits per heavy atom. The van der Waals surface area contributed by atoms with Crippen molar-refractivity contribution in [2.24, 2.45) is 0 Å².